The molecule has 9 nitrogen and oxygen atoms in total. The van der Waals surface area contributed by atoms with Crippen molar-refractivity contribution in [3.63, 3.8) is 0 Å². The first-order valence-corrected chi connectivity index (χ1v) is 21.3. The molecule has 256 valence electrons. The van der Waals surface area contributed by atoms with E-state index in [4.69, 9.17) is 9.47 Å². The molecule has 48 heavy (non-hydrogen) atoms. The number of amides is 1. The highest BCUT2D eigenvalue weighted by Gasteiger charge is 2.71. The van der Waals surface area contributed by atoms with Gasteiger partial charge in [0, 0.05) is 22.7 Å². The van der Waals surface area contributed by atoms with Crippen molar-refractivity contribution in [2.45, 2.75) is 81.4 Å². The topological polar surface area (TPSA) is 130 Å². The molecule has 7 aliphatic rings. The van der Waals surface area contributed by atoms with Gasteiger partial charge in [-0.05, 0) is 192 Å². The van der Waals surface area contributed by atoms with Crippen LogP contribution in [0.1, 0.15) is 74.2 Å². The van der Waals surface area contributed by atoms with Gasteiger partial charge in [0.05, 0.1) is 28.3 Å². The number of hydrogen-bond acceptors (Lipinski definition) is 8. The number of likely N-dealkylation sites (tertiary alicyclic amines) is 1. The average molecular weight is 1010 g/mol. The molecule has 6 bridgehead atoms. The monoisotopic (exact) mass is 1010 g/mol. The zero-order chi connectivity index (χ0) is 34.0. The Morgan fingerprint density at radius 2 is 1.58 bits per heavy atom. The van der Waals surface area contributed by atoms with Gasteiger partial charge in [0.1, 0.15) is 22.0 Å². The van der Waals surface area contributed by atoms with E-state index in [0.717, 1.165) is 36.4 Å². The molecule has 6 atom stereocenters. The van der Waals surface area contributed by atoms with E-state index in [0.29, 0.717) is 41.2 Å². The summed E-state index contributed by atoms with van der Waals surface area (Å²) in [6, 6.07) is 7.59. The largest absolute Gasteiger partial charge is 0.744 e. The minimum atomic E-state index is -4.75. The summed E-state index contributed by atoms with van der Waals surface area (Å²) in [5.74, 6) is -1.08. The maximum absolute atomic E-state index is 14.2. The van der Waals surface area contributed by atoms with Gasteiger partial charge in [0.25, 0.3) is 0 Å². The molecule has 1 heterocycles. The highest BCUT2D eigenvalue weighted by atomic mass is 127. The molecule has 2 aromatic carbocycles. The van der Waals surface area contributed by atoms with Crippen molar-refractivity contribution in [1.29, 1.82) is 0 Å². The van der Waals surface area contributed by atoms with Gasteiger partial charge in [-0.1, -0.05) is 0 Å². The lowest BCUT2D eigenvalue weighted by Gasteiger charge is -2.55. The molecule has 9 rings (SSSR count). The Balaban J connectivity index is 1.10. The summed E-state index contributed by atoms with van der Waals surface area (Å²) in [5.41, 5.74) is 0.921. The van der Waals surface area contributed by atoms with Crippen LogP contribution in [0, 0.1) is 58.1 Å². The molecule has 0 aromatic heterocycles. The van der Waals surface area contributed by atoms with E-state index < -0.39 is 45.9 Å². The number of esters is 2. The molecule has 1 amide bonds. The highest BCUT2D eigenvalue weighted by Crippen LogP contribution is 2.62. The number of carbonyl (C=O) groups is 3. The third kappa shape index (κ3) is 5.47. The maximum atomic E-state index is 14.2. The van der Waals surface area contributed by atoms with Crippen molar-refractivity contribution in [2.24, 2.45) is 47.3 Å². The first kappa shape index (κ1) is 34.1. The summed E-state index contributed by atoms with van der Waals surface area (Å²) in [6.07, 6.45) is 5.25. The third-order valence-corrected chi connectivity index (χ3v) is 16.8. The Hall–Kier alpha value is -1.05. The molecule has 0 spiro atoms. The van der Waals surface area contributed by atoms with Crippen LogP contribution in [-0.4, -0.2) is 53.9 Å². The number of rotatable bonds is 7. The van der Waals surface area contributed by atoms with E-state index in [1.54, 1.807) is 17.0 Å². The van der Waals surface area contributed by atoms with Crippen molar-refractivity contribution in [3.8, 4) is 5.75 Å². The molecular weight excluding hydrogens is 975 g/mol. The summed E-state index contributed by atoms with van der Waals surface area (Å²) < 4.78 is 52.3. The number of carbonyl (C=O) groups excluding carboxylic acids is 3. The number of benzene rings is 2. The number of ether oxygens (including phenoxy) is 2. The van der Waals surface area contributed by atoms with Crippen LogP contribution in [0.5, 0.6) is 5.75 Å². The fraction of sp³-hybridized carbons (Fsp3) is 0.571. The number of halogens is 3. The minimum absolute atomic E-state index is 0.0647. The lowest BCUT2D eigenvalue weighted by atomic mass is 9.51. The van der Waals surface area contributed by atoms with Crippen LogP contribution >= 0.6 is 67.8 Å². The smallest absolute Gasteiger partial charge is 0.339 e. The van der Waals surface area contributed by atoms with Crippen molar-refractivity contribution < 1.29 is 36.8 Å². The quantitative estimate of drug-likeness (QED) is 0.100. The fourth-order valence-electron chi connectivity index (χ4n) is 11.0. The Morgan fingerprint density at radius 1 is 0.917 bits per heavy atom. The number of fused-ring (bicyclic) bond motifs is 1. The van der Waals surface area contributed by atoms with Crippen LogP contribution in [0.2, 0.25) is 0 Å². The number of hydrogen-bond donors (Lipinski definition) is 0. The van der Waals surface area contributed by atoms with Gasteiger partial charge in [-0.15, -0.1) is 0 Å². The van der Waals surface area contributed by atoms with Crippen molar-refractivity contribution in [3.05, 3.63) is 52.2 Å². The molecule has 0 radical (unpaired) electrons. The SMILES string of the molecule is CC(C)N1C(=O)C2C3CC(C(OC(=O)c4cc(I)cc(I)c4I)C31)C2C(=O)Oc1ccc(S(=O)(=O)[O-])c(C2C3CC4CC(C3)CC2C4)c1. The van der Waals surface area contributed by atoms with Gasteiger partial charge >= 0.3 is 11.9 Å². The second-order valence-electron chi connectivity index (χ2n) is 15.1. The molecular formula is C35H35I3NO8S-. The van der Waals surface area contributed by atoms with Crippen molar-refractivity contribution in [2.75, 3.05) is 0 Å². The van der Waals surface area contributed by atoms with Crippen LogP contribution in [0.4, 0.5) is 0 Å². The maximum Gasteiger partial charge on any atom is 0.339 e. The Bertz CT molecular complexity index is 1820. The zero-order valence-electron chi connectivity index (χ0n) is 26.3. The summed E-state index contributed by atoms with van der Waals surface area (Å²) in [7, 11) is -4.75. The van der Waals surface area contributed by atoms with E-state index >= 15 is 0 Å². The van der Waals surface area contributed by atoms with Gasteiger partial charge in [-0.2, -0.15) is 0 Å². The second kappa shape index (κ2) is 12.3. The van der Waals surface area contributed by atoms with Gasteiger partial charge in [-0.3, -0.25) is 9.59 Å². The number of nitrogens with zero attached hydrogens (tertiary/aromatic N) is 1. The van der Waals surface area contributed by atoms with Crippen LogP contribution in [0.15, 0.2) is 35.2 Å². The highest BCUT2D eigenvalue weighted by molar-refractivity contribution is 14.1. The predicted molar refractivity (Wildman–Crippen MR) is 198 cm³/mol. The van der Waals surface area contributed by atoms with Gasteiger partial charge in [0.2, 0.25) is 5.91 Å². The van der Waals surface area contributed by atoms with E-state index in [2.05, 4.69) is 67.8 Å². The second-order valence-corrected chi connectivity index (χ2v) is 19.9. The van der Waals surface area contributed by atoms with Crippen LogP contribution < -0.4 is 4.74 Å². The summed E-state index contributed by atoms with van der Waals surface area (Å²) >= 11 is 6.51. The molecule has 7 fully saturated rings. The third-order valence-electron chi connectivity index (χ3n) is 12.3. The van der Waals surface area contributed by atoms with E-state index in [-0.39, 0.29) is 40.5 Å². The molecule has 0 N–H and O–H groups in total. The molecule has 6 unspecified atom stereocenters. The van der Waals surface area contributed by atoms with Gasteiger partial charge < -0.3 is 18.9 Å². The molecule has 2 aromatic rings. The van der Waals surface area contributed by atoms with Gasteiger partial charge in [-0.25, -0.2) is 13.2 Å². The van der Waals surface area contributed by atoms with Crippen LogP contribution in [-0.2, 0) is 24.4 Å². The predicted octanol–water partition coefficient (Wildman–Crippen LogP) is 6.58. The van der Waals surface area contributed by atoms with Crippen LogP contribution in [0.3, 0.4) is 0 Å². The molecule has 6 saturated carbocycles. The van der Waals surface area contributed by atoms with Crippen molar-refractivity contribution >= 4 is 95.7 Å². The Morgan fingerprint density at radius 3 is 2.21 bits per heavy atom. The average Bonchev–Trinajstić information content (AvgIpc) is 3.61. The first-order chi connectivity index (χ1) is 22.7. The first-order valence-electron chi connectivity index (χ1n) is 16.7. The van der Waals surface area contributed by atoms with E-state index in [1.165, 1.54) is 18.6 Å². The summed E-state index contributed by atoms with van der Waals surface area (Å²) in [6.45, 7) is 3.87. The Labute approximate surface area is 321 Å². The van der Waals surface area contributed by atoms with Gasteiger partial charge in [0.15, 0.2) is 0 Å². The lowest BCUT2D eigenvalue weighted by molar-refractivity contribution is -0.147. The minimum Gasteiger partial charge on any atom is -0.744 e. The zero-order valence-corrected chi connectivity index (χ0v) is 33.6. The Kier molecular flexibility index (Phi) is 8.71. The standard InChI is InChI=1S/C35H36I3NO8S/c1-14(2)39-31-22-13-23(32(31)47-34(41)24-10-19(36)11-25(37)30(24)38)29(28(22)33(39)40)35(42)46-20-3-4-26(48(43,44)45)21(12-20)27-17-6-15-5-16(8-17)9-18(27)7-15/h3-4,10-12,14-18,22-23,27-29,31-32H,5-9,13H2,1-2H3,(H,43,44,45)/p-1. The normalized spacial score (nSPS) is 35.9. The lowest BCUT2D eigenvalue weighted by Crippen LogP contribution is -2.48. The molecule has 13 heteroatoms. The molecule has 1 saturated heterocycles. The molecule has 6 aliphatic carbocycles. The fourth-order valence-corrected chi connectivity index (χ4v) is 14.1. The van der Waals surface area contributed by atoms with Crippen LogP contribution in [0.25, 0.3) is 0 Å². The van der Waals surface area contributed by atoms with E-state index in [9.17, 15) is 27.4 Å². The van der Waals surface area contributed by atoms with E-state index in [1.807, 2.05) is 19.9 Å². The molecule has 1 aliphatic heterocycles. The van der Waals surface area contributed by atoms with Crippen molar-refractivity contribution in [1.82, 2.24) is 4.90 Å². The summed E-state index contributed by atoms with van der Waals surface area (Å²) in [5, 5.41) is 0. The summed E-state index contributed by atoms with van der Waals surface area (Å²) in [4.78, 5) is 43.3.